The minimum atomic E-state index is -5.38. The number of carbonyl (C=O) groups is 1. The number of phosphoric acid groups is 1. The fraction of sp³-hybridized carbons (Fsp3) is 0.978. The van der Waals surface area contributed by atoms with Gasteiger partial charge in [-0.2, -0.15) is 0 Å². The lowest BCUT2D eigenvalue weighted by Gasteiger charge is -2.47. The van der Waals surface area contributed by atoms with Crippen molar-refractivity contribution in [3.8, 4) is 0 Å². The first-order valence-corrected chi connectivity index (χ1v) is 26.6. The van der Waals surface area contributed by atoms with E-state index in [2.05, 4.69) is 19.2 Å². The van der Waals surface area contributed by atoms with Crippen molar-refractivity contribution in [3.05, 3.63) is 0 Å². The van der Waals surface area contributed by atoms with Crippen LogP contribution in [0, 0.1) is 0 Å². The Hall–Kier alpha value is -0.900. The Labute approximate surface area is 388 Å². The normalized spacial score (nSPS) is 29.6. The Morgan fingerprint density at radius 1 is 0.569 bits per heavy atom. The number of carbonyl (C=O) groups excluding carboxylic acids is 1. The van der Waals surface area contributed by atoms with Crippen molar-refractivity contribution >= 4 is 13.7 Å². The molecule has 12 N–H and O–H groups in total. The minimum Gasteiger partial charge on any atom is -0.394 e. The van der Waals surface area contributed by atoms with Crippen molar-refractivity contribution in [2.45, 2.75) is 273 Å². The maximum atomic E-state index is 13.5. The fourth-order valence-corrected chi connectivity index (χ4v) is 9.53. The second-order valence-electron chi connectivity index (χ2n) is 18.5. The highest BCUT2D eigenvalue weighted by atomic mass is 31.2. The van der Waals surface area contributed by atoms with Gasteiger partial charge < -0.3 is 70.7 Å². The molecule has 1 heterocycles. The number of unbranched alkanes of at least 4 members (excludes halogenated alkanes) is 23. The third kappa shape index (κ3) is 23.0. The molecule has 0 aromatic carbocycles. The molecule has 0 bridgehead atoms. The second kappa shape index (κ2) is 34.4. The number of aliphatic hydroxyl groups excluding tert-OH is 10. The molecule has 0 aromatic heterocycles. The molecule has 18 nitrogen and oxygen atoms in total. The van der Waals surface area contributed by atoms with E-state index < -0.39 is 113 Å². The van der Waals surface area contributed by atoms with Gasteiger partial charge in [-0.05, 0) is 12.8 Å². The summed E-state index contributed by atoms with van der Waals surface area (Å²) in [4.78, 5) is 24.1. The zero-order valence-corrected chi connectivity index (χ0v) is 40.3. The zero-order valence-electron chi connectivity index (χ0n) is 39.4. The van der Waals surface area contributed by atoms with E-state index in [0.717, 1.165) is 51.4 Å². The fourth-order valence-electron chi connectivity index (χ4n) is 8.57. The number of phosphoric ester groups is 1. The van der Waals surface area contributed by atoms with E-state index in [9.17, 15) is 65.3 Å². The van der Waals surface area contributed by atoms with Gasteiger partial charge in [-0.3, -0.25) is 13.8 Å². The number of nitrogens with one attached hydrogen (secondary N) is 1. The van der Waals surface area contributed by atoms with E-state index in [1.54, 1.807) is 0 Å². The molecule has 1 saturated heterocycles. The van der Waals surface area contributed by atoms with Gasteiger partial charge >= 0.3 is 7.82 Å². The van der Waals surface area contributed by atoms with Crippen LogP contribution in [0.5, 0.6) is 0 Å². The second-order valence-corrected chi connectivity index (χ2v) is 19.9. The van der Waals surface area contributed by atoms with Crippen LogP contribution in [0.1, 0.15) is 187 Å². The van der Waals surface area contributed by atoms with Gasteiger partial charge in [0.1, 0.15) is 67.1 Å². The van der Waals surface area contributed by atoms with Crippen LogP contribution in [0.4, 0.5) is 0 Å². The maximum absolute atomic E-state index is 13.5. The smallest absolute Gasteiger partial charge is 0.394 e. The predicted molar refractivity (Wildman–Crippen MR) is 243 cm³/mol. The van der Waals surface area contributed by atoms with E-state index >= 15 is 0 Å². The van der Waals surface area contributed by atoms with Gasteiger partial charge in [0, 0.05) is 0 Å². The lowest BCUT2D eigenvalue weighted by atomic mass is 9.84. The Morgan fingerprint density at radius 2 is 0.969 bits per heavy atom. The molecular weight excluding hydrogens is 869 g/mol. The first kappa shape index (κ1) is 60.2. The summed E-state index contributed by atoms with van der Waals surface area (Å²) in [6, 6.07) is -1.31. The number of rotatable bonds is 38. The topological polar surface area (TPSA) is 306 Å². The summed E-state index contributed by atoms with van der Waals surface area (Å²) in [5, 5.41) is 108. The van der Waals surface area contributed by atoms with E-state index in [-0.39, 0.29) is 12.8 Å². The number of hydrogen-bond donors (Lipinski definition) is 12. The molecule has 2 fully saturated rings. The quantitative estimate of drug-likeness (QED) is 0.0308. The van der Waals surface area contributed by atoms with E-state index in [1.807, 2.05) is 0 Å². The van der Waals surface area contributed by atoms with Gasteiger partial charge in [0.25, 0.3) is 0 Å². The molecule has 8 unspecified atom stereocenters. The van der Waals surface area contributed by atoms with Gasteiger partial charge in [-0.1, -0.05) is 174 Å². The van der Waals surface area contributed by atoms with Crippen molar-refractivity contribution in [3.63, 3.8) is 0 Å². The molecule has 1 amide bonds. The molecule has 2 aliphatic rings. The average molecular weight is 960 g/mol. The number of amides is 1. The van der Waals surface area contributed by atoms with E-state index in [1.165, 1.54) is 96.3 Å². The summed E-state index contributed by atoms with van der Waals surface area (Å²) in [5.74, 6) is -0.810. The molecule has 19 heteroatoms. The average Bonchev–Trinajstić information content (AvgIpc) is 3.28. The SMILES string of the molecule is CCCCCCCCCCCCCCC[C@@H](O)[C@H](COP(=O)(O)O[C@H]1C(O)C(O)C(O)[C@@H](O)C1O[C@H]1O[C@H](CO)[C@@H](O)C(O)C1O)NC(=O)C(O)CCCCCCCCCCCCCC. The third-order valence-electron chi connectivity index (χ3n) is 12.9. The molecule has 386 valence electrons. The molecule has 2 rings (SSSR count). The van der Waals surface area contributed by atoms with Gasteiger partial charge in [0.15, 0.2) is 6.29 Å². The van der Waals surface area contributed by atoms with Crippen LogP contribution < -0.4 is 5.32 Å². The van der Waals surface area contributed by atoms with Crippen molar-refractivity contribution in [1.82, 2.24) is 5.32 Å². The van der Waals surface area contributed by atoms with Crippen molar-refractivity contribution in [1.29, 1.82) is 0 Å². The third-order valence-corrected chi connectivity index (χ3v) is 13.9. The number of aliphatic hydroxyl groups is 10. The van der Waals surface area contributed by atoms with Gasteiger partial charge in [-0.25, -0.2) is 4.57 Å². The van der Waals surface area contributed by atoms with Crippen LogP contribution in [-0.2, 0) is 27.9 Å². The molecule has 1 saturated carbocycles. The summed E-state index contributed by atoms with van der Waals surface area (Å²) in [5.41, 5.74) is 0. The molecule has 65 heavy (non-hydrogen) atoms. The number of ether oxygens (including phenoxy) is 2. The summed E-state index contributed by atoms with van der Waals surface area (Å²) < 4.78 is 34.7. The summed E-state index contributed by atoms with van der Waals surface area (Å²) >= 11 is 0. The van der Waals surface area contributed by atoms with E-state index in [4.69, 9.17) is 18.5 Å². The standard InChI is InChI=1S/C46H90NO17P/c1-3-5-7-9-11-13-15-17-19-20-22-24-26-28-33(49)32(47-45(58)34(50)29-27-25-23-21-18-16-14-12-10-8-6-4-2)31-61-65(59,60)64-44-41(56)39(54)38(53)40(55)43(44)63-46-42(57)37(52)36(51)35(30-48)62-46/h32-44,46,48-57H,3-31H2,1-2H3,(H,47,58)(H,59,60)/t32-,33+,34?,35+,36+,37?,38?,39?,40+,41?,42?,43?,44-,46+/m0/s1. The first-order valence-electron chi connectivity index (χ1n) is 25.1. The van der Waals surface area contributed by atoms with Crippen molar-refractivity contribution in [2.75, 3.05) is 13.2 Å². The Morgan fingerprint density at radius 3 is 1.42 bits per heavy atom. The summed E-state index contributed by atoms with van der Waals surface area (Å²) in [7, 11) is -5.38. The van der Waals surface area contributed by atoms with Crippen LogP contribution in [0.15, 0.2) is 0 Å². The lowest BCUT2D eigenvalue weighted by molar-refractivity contribution is -0.338. The van der Waals surface area contributed by atoms with Crippen LogP contribution in [0.2, 0.25) is 0 Å². The molecule has 15 atom stereocenters. The molecule has 0 aromatic rings. The highest BCUT2D eigenvalue weighted by Crippen LogP contribution is 2.48. The molecule has 1 aliphatic heterocycles. The summed E-state index contributed by atoms with van der Waals surface area (Å²) in [6.07, 6.45) is 3.48. The molecular formula is C46H90NO17P. The first-order chi connectivity index (χ1) is 31.1. The van der Waals surface area contributed by atoms with Gasteiger partial charge in [0.05, 0.1) is 25.4 Å². The summed E-state index contributed by atoms with van der Waals surface area (Å²) in [6.45, 7) is 2.75. The highest BCUT2D eigenvalue weighted by molar-refractivity contribution is 7.47. The Bertz CT molecular complexity index is 1260. The van der Waals surface area contributed by atoms with Crippen molar-refractivity contribution < 1.29 is 83.8 Å². The predicted octanol–water partition coefficient (Wildman–Crippen LogP) is 3.91. The zero-order chi connectivity index (χ0) is 48.2. The maximum Gasteiger partial charge on any atom is 0.472 e. The van der Waals surface area contributed by atoms with Crippen LogP contribution in [-0.4, -0.2) is 161 Å². The monoisotopic (exact) mass is 960 g/mol. The molecule has 0 spiro atoms. The van der Waals surface area contributed by atoms with Gasteiger partial charge in [-0.15, -0.1) is 0 Å². The Kier molecular flexibility index (Phi) is 31.9. The van der Waals surface area contributed by atoms with Crippen molar-refractivity contribution in [2.24, 2.45) is 0 Å². The highest BCUT2D eigenvalue weighted by Gasteiger charge is 2.55. The van der Waals surface area contributed by atoms with Crippen LogP contribution >= 0.6 is 7.82 Å². The number of hydrogen-bond acceptors (Lipinski definition) is 16. The van der Waals surface area contributed by atoms with Crippen LogP contribution in [0.25, 0.3) is 0 Å². The largest absolute Gasteiger partial charge is 0.472 e. The molecule has 0 radical (unpaired) electrons. The molecule has 1 aliphatic carbocycles. The minimum absolute atomic E-state index is 0.166. The van der Waals surface area contributed by atoms with E-state index in [0.29, 0.717) is 12.8 Å². The lowest BCUT2D eigenvalue weighted by Crippen LogP contribution is -2.67. The van der Waals surface area contributed by atoms with Gasteiger partial charge in [0.2, 0.25) is 5.91 Å². The Balaban J connectivity index is 2.02. The van der Waals surface area contributed by atoms with Crippen LogP contribution in [0.3, 0.4) is 0 Å².